The third-order valence-corrected chi connectivity index (χ3v) is 3.98. The molecule has 0 aromatic heterocycles. The van der Waals surface area contributed by atoms with E-state index in [2.05, 4.69) is 4.90 Å². The normalized spacial score (nSPS) is 28.6. The Bertz CT molecular complexity index is 229. The Kier molecular flexibility index (Phi) is 2.03. The van der Waals surface area contributed by atoms with Crippen LogP contribution in [0.1, 0.15) is 44.9 Å². The van der Waals surface area contributed by atoms with Crippen molar-refractivity contribution in [2.75, 3.05) is 6.54 Å². The minimum absolute atomic E-state index is 0.780. The molecule has 0 bridgehead atoms. The second kappa shape index (κ2) is 3.25. The van der Waals surface area contributed by atoms with Crippen LogP contribution in [-0.4, -0.2) is 23.3 Å². The van der Waals surface area contributed by atoms with Gasteiger partial charge in [0.05, 0.1) is 5.84 Å². The van der Waals surface area contributed by atoms with Crippen molar-refractivity contribution in [1.29, 1.82) is 5.41 Å². The van der Waals surface area contributed by atoms with Gasteiger partial charge in [-0.1, -0.05) is 0 Å². The quantitative estimate of drug-likeness (QED) is 0.731. The average molecular weight is 192 g/mol. The summed E-state index contributed by atoms with van der Waals surface area (Å²) in [5.74, 6) is 2.86. The number of piperidine rings is 1. The molecule has 0 amide bonds. The van der Waals surface area contributed by atoms with Crippen LogP contribution in [0.3, 0.4) is 0 Å². The highest BCUT2D eigenvalue weighted by molar-refractivity contribution is 5.80. The molecule has 3 rings (SSSR count). The van der Waals surface area contributed by atoms with Crippen molar-refractivity contribution in [3.8, 4) is 0 Å². The summed E-state index contributed by atoms with van der Waals surface area (Å²) in [5.41, 5.74) is 0. The Balaban J connectivity index is 1.72. The van der Waals surface area contributed by atoms with Gasteiger partial charge in [0, 0.05) is 19.0 Å². The lowest BCUT2D eigenvalue weighted by Gasteiger charge is -2.37. The van der Waals surface area contributed by atoms with Crippen molar-refractivity contribution in [2.24, 2.45) is 11.8 Å². The van der Waals surface area contributed by atoms with Gasteiger partial charge in [-0.15, -0.1) is 0 Å². The van der Waals surface area contributed by atoms with E-state index in [0.717, 1.165) is 30.1 Å². The van der Waals surface area contributed by atoms with Crippen LogP contribution in [0.25, 0.3) is 0 Å². The minimum atomic E-state index is 0.780. The molecular formula is C12H20N2. The lowest BCUT2D eigenvalue weighted by Crippen LogP contribution is -2.45. The third-order valence-electron chi connectivity index (χ3n) is 3.98. The largest absolute Gasteiger partial charge is 0.357 e. The number of rotatable bonds is 3. The highest BCUT2D eigenvalue weighted by Gasteiger charge is 2.45. The molecule has 0 unspecified atom stereocenters. The summed E-state index contributed by atoms with van der Waals surface area (Å²) < 4.78 is 0. The van der Waals surface area contributed by atoms with Crippen LogP contribution in [0, 0.1) is 17.2 Å². The van der Waals surface area contributed by atoms with Crippen molar-refractivity contribution >= 4 is 5.84 Å². The molecule has 1 N–H and O–H groups in total. The molecule has 1 heterocycles. The summed E-state index contributed by atoms with van der Waals surface area (Å²) in [6.07, 6.45) is 9.34. The number of nitrogens with one attached hydrogen (secondary N) is 1. The van der Waals surface area contributed by atoms with Gasteiger partial charge in [-0.3, -0.25) is 5.41 Å². The Morgan fingerprint density at radius 2 is 1.71 bits per heavy atom. The zero-order chi connectivity index (χ0) is 9.54. The summed E-state index contributed by atoms with van der Waals surface area (Å²) in [6.45, 7) is 1.18. The van der Waals surface area contributed by atoms with E-state index >= 15 is 0 Å². The molecular weight excluding hydrogens is 172 g/mol. The van der Waals surface area contributed by atoms with Crippen LogP contribution in [0.5, 0.6) is 0 Å². The maximum atomic E-state index is 8.04. The number of hydrogen-bond acceptors (Lipinski definition) is 1. The smallest absolute Gasteiger partial charge is 0.0960 e. The molecule has 0 aromatic carbocycles. The topological polar surface area (TPSA) is 27.1 Å². The summed E-state index contributed by atoms with van der Waals surface area (Å²) in [7, 11) is 0. The van der Waals surface area contributed by atoms with E-state index in [9.17, 15) is 0 Å². The molecule has 3 fully saturated rings. The first-order valence-corrected chi connectivity index (χ1v) is 6.20. The predicted molar refractivity (Wildman–Crippen MR) is 57.5 cm³/mol. The second-order valence-corrected chi connectivity index (χ2v) is 5.26. The van der Waals surface area contributed by atoms with Crippen molar-refractivity contribution in [3.63, 3.8) is 0 Å². The van der Waals surface area contributed by atoms with Gasteiger partial charge in [0.2, 0.25) is 0 Å². The molecule has 0 spiro atoms. The van der Waals surface area contributed by atoms with Crippen LogP contribution in [0.2, 0.25) is 0 Å². The first-order valence-electron chi connectivity index (χ1n) is 6.20. The van der Waals surface area contributed by atoms with Gasteiger partial charge in [-0.05, 0) is 50.4 Å². The van der Waals surface area contributed by atoms with Crippen LogP contribution in [0.4, 0.5) is 0 Å². The Hall–Kier alpha value is -0.530. The van der Waals surface area contributed by atoms with Gasteiger partial charge in [0.15, 0.2) is 0 Å². The van der Waals surface area contributed by atoms with Gasteiger partial charge in [-0.25, -0.2) is 0 Å². The number of likely N-dealkylation sites (tertiary alicyclic amines) is 1. The van der Waals surface area contributed by atoms with Crippen molar-refractivity contribution in [1.82, 2.24) is 4.90 Å². The van der Waals surface area contributed by atoms with Crippen LogP contribution >= 0.6 is 0 Å². The molecule has 14 heavy (non-hydrogen) atoms. The monoisotopic (exact) mass is 192 g/mol. The van der Waals surface area contributed by atoms with Gasteiger partial charge in [-0.2, -0.15) is 0 Å². The van der Waals surface area contributed by atoms with Crippen molar-refractivity contribution < 1.29 is 0 Å². The molecule has 2 aliphatic carbocycles. The highest BCUT2D eigenvalue weighted by atomic mass is 15.2. The van der Waals surface area contributed by atoms with E-state index in [1.807, 2.05) is 0 Å². The minimum Gasteiger partial charge on any atom is -0.357 e. The Labute approximate surface area is 86.2 Å². The SMILES string of the molecule is N=C1CCCCN1C(C1CC1)C1CC1. The van der Waals surface area contributed by atoms with Gasteiger partial charge in [0.1, 0.15) is 0 Å². The summed E-state index contributed by atoms with van der Waals surface area (Å²) in [4.78, 5) is 2.46. The number of hydrogen-bond donors (Lipinski definition) is 1. The van der Waals surface area contributed by atoms with Gasteiger partial charge >= 0.3 is 0 Å². The molecule has 2 saturated carbocycles. The lowest BCUT2D eigenvalue weighted by molar-refractivity contribution is 0.229. The fourth-order valence-electron chi connectivity index (χ4n) is 2.95. The molecule has 1 aliphatic heterocycles. The Morgan fingerprint density at radius 3 is 2.21 bits per heavy atom. The second-order valence-electron chi connectivity index (χ2n) is 5.26. The molecule has 0 aromatic rings. The summed E-state index contributed by atoms with van der Waals surface area (Å²) in [6, 6.07) is 0.780. The maximum Gasteiger partial charge on any atom is 0.0960 e. The first kappa shape index (κ1) is 8.75. The first-order chi connectivity index (χ1) is 6.86. The fraction of sp³-hybridized carbons (Fsp3) is 0.917. The van der Waals surface area contributed by atoms with Crippen LogP contribution in [0.15, 0.2) is 0 Å². The van der Waals surface area contributed by atoms with Crippen LogP contribution in [-0.2, 0) is 0 Å². The van der Waals surface area contributed by atoms with E-state index in [-0.39, 0.29) is 0 Å². The van der Waals surface area contributed by atoms with Crippen LogP contribution < -0.4 is 0 Å². The summed E-state index contributed by atoms with van der Waals surface area (Å²) in [5, 5.41) is 8.04. The standard InChI is InChI=1S/C12H20N2/c13-11-3-1-2-8-14(11)12(9-4-5-9)10-6-7-10/h9-10,12-13H,1-8H2. The number of amidine groups is 1. The molecule has 1 saturated heterocycles. The zero-order valence-corrected chi connectivity index (χ0v) is 8.84. The van der Waals surface area contributed by atoms with E-state index in [1.54, 1.807) is 0 Å². The Morgan fingerprint density at radius 1 is 1.07 bits per heavy atom. The van der Waals surface area contributed by atoms with E-state index < -0.39 is 0 Å². The highest BCUT2D eigenvalue weighted by Crippen LogP contribution is 2.47. The average Bonchev–Trinajstić information content (AvgIpc) is 2.99. The molecule has 0 radical (unpaired) electrons. The van der Waals surface area contributed by atoms with Gasteiger partial charge < -0.3 is 4.90 Å². The zero-order valence-electron chi connectivity index (χ0n) is 8.84. The molecule has 2 heteroatoms. The molecule has 78 valence electrons. The van der Waals surface area contributed by atoms with Crippen molar-refractivity contribution in [3.05, 3.63) is 0 Å². The van der Waals surface area contributed by atoms with E-state index in [0.29, 0.717) is 0 Å². The molecule has 3 aliphatic rings. The summed E-state index contributed by atoms with van der Waals surface area (Å²) >= 11 is 0. The fourth-order valence-corrected chi connectivity index (χ4v) is 2.95. The molecule has 0 atom stereocenters. The lowest BCUT2D eigenvalue weighted by atomic mass is 10.0. The molecule has 2 nitrogen and oxygen atoms in total. The number of nitrogens with zero attached hydrogens (tertiary/aromatic N) is 1. The van der Waals surface area contributed by atoms with Crippen molar-refractivity contribution in [2.45, 2.75) is 51.0 Å². The van der Waals surface area contributed by atoms with E-state index in [1.165, 1.54) is 45.1 Å². The predicted octanol–water partition coefficient (Wildman–Crippen LogP) is 2.64. The van der Waals surface area contributed by atoms with Gasteiger partial charge in [0.25, 0.3) is 0 Å². The van der Waals surface area contributed by atoms with E-state index in [4.69, 9.17) is 5.41 Å². The maximum absolute atomic E-state index is 8.04. The third kappa shape index (κ3) is 1.55.